The van der Waals surface area contributed by atoms with Gasteiger partial charge in [0.1, 0.15) is 6.61 Å². The maximum atomic E-state index is 4.68. The smallest absolute Gasteiger partial charge is 0.135 e. The van der Waals surface area contributed by atoms with Crippen molar-refractivity contribution in [1.82, 2.24) is 0 Å². The van der Waals surface area contributed by atoms with Gasteiger partial charge in [-0.05, 0) is 6.08 Å². The molecule has 1 aliphatic heterocycles. The number of hydrogen-bond acceptors (Lipinski definition) is 2. The van der Waals surface area contributed by atoms with E-state index >= 15 is 0 Å². The highest BCUT2D eigenvalue weighted by Gasteiger charge is 1.79. The van der Waals surface area contributed by atoms with E-state index in [9.17, 15) is 0 Å². The minimum atomic E-state index is 0.622. The van der Waals surface area contributed by atoms with E-state index in [0.717, 1.165) is 6.42 Å². The molecule has 0 aromatic rings. The normalized spacial score (nSPS) is 18.3. The summed E-state index contributed by atoms with van der Waals surface area (Å²) in [5.74, 6) is 0. The zero-order valence-electron chi connectivity index (χ0n) is 4.00. The largest absolute Gasteiger partial charge is 0.392 e. The summed E-state index contributed by atoms with van der Waals surface area (Å²) in [6, 6.07) is 0. The second-order valence-electron chi connectivity index (χ2n) is 1.29. The zero-order valence-corrected chi connectivity index (χ0v) is 4.00. The van der Waals surface area contributed by atoms with Gasteiger partial charge >= 0.3 is 0 Å². The molecule has 0 amide bonds. The molecule has 0 aliphatic carbocycles. The van der Waals surface area contributed by atoms with Gasteiger partial charge in [-0.3, -0.25) is 0 Å². The third-order valence-corrected chi connectivity index (χ3v) is 0.728. The number of oxime groups is 1. The van der Waals surface area contributed by atoms with Crippen molar-refractivity contribution in [2.45, 2.75) is 6.42 Å². The van der Waals surface area contributed by atoms with Gasteiger partial charge in [0, 0.05) is 12.6 Å². The molecule has 1 heterocycles. The Hall–Kier alpha value is -0.790. The summed E-state index contributed by atoms with van der Waals surface area (Å²) in [5.41, 5.74) is 0. The molecule has 0 atom stereocenters. The van der Waals surface area contributed by atoms with E-state index in [1.807, 2.05) is 12.2 Å². The standard InChI is InChI=1S/C5H7NO/c1-2-4-6-7-5-3-1/h1,3-4H,2,5H2. The molecule has 2 heteroatoms. The van der Waals surface area contributed by atoms with Crippen LogP contribution >= 0.6 is 0 Å². The molecule has 0 N–H and O–H groups in total. The summed E-state index contributed by atoms with van der Waals surface area (Å²) in [7, 11) is 0. The molecule has 0 unspecified atom stereocenters. The van der Waals surface area contributed by atoms with Crippen molar-refractivity contribution in [3.63, 3.8) is 0 Å². The lowest BCUT2D eigenvalue weighted by Gasteiger charge is -1.84. The van der Waals surface area contributed by atoms with Crippen molar-refractivity contribution in [2.24, 2.45) is 5.16 Å². The zero-order chi connectivity index (χ0) is 4.95. The van der Waals surface area contributed by atoms with Crippen molar-refractivity contribution >= 4 is 6.21 Å². The highest BCUT2D eigenvalue weighted by atomic mass is 16.6. The van der Waals surface area contributed by atoms with Gasteiger partial charge in [0.2, 0.25) is 0 Å². The fourth-order valence-electron chi connectivity index (χ4n) is 0.407. The second-order valence-corrected chi connectivity index (χ2v) is 1.29. The lowest BCUT2D eigenvalue weighted by molar-refractivity contribution is 0.177. The first-order valence-electron chi connectivity index (χ1n) is 2.29. The molecule has 1 aliphatic rings. The number of hydrogen-bond donors (Lipinski definition) is 0. The average Bonchev–Trinajstić information content (AvgIpc) is 1.90. The quantitative estimate of drug-likeness (QED) is 0.412. The number of rotatable bonds is 0. The van der Waals surface area contributed by atoms with E-state index in [1.54, 1.807) is 6.21 Å². The van der Waals surface area contributed by atoms with E-state index in [2.05, 4.69) is 9.99 Å². The molecule has 2 nitrogen and oxygen atoms in total. The summed E-state index contributed by atoms with van der Waals surface area (Å²) in [6.45, 7) is 0.622. The van der Waals surface area contributed by atoms with Crippen LogP contribution in [0.15, 0.2) is 17.3 Å². The molecular weight excluding hydrogens is 90.1 g/mol. The van der Waals surface area contributed by atoms with Gasteiger partial charge in [-0.25, -0.2) is 0 Å². The monoisotopic (exact) mass is 97.1 g/mol. The van der Waals surface area contributed by atoms with Crippen LogP contribution in [0, 0.1) is 0 Å². The molecule has 38 valence electrons. The maximum Gasteiger partial charge on any atom is 0.135 e. The van der Waals surface area contributed by atoms with Crippen LogP contribution in [-0.4, -0.2) is 12.8 Å². The molecule has 0 aromatic heterocycles. The summed E-state index contributed by atoms with van der Waals surface area (Å²) in [6.07, 6.45) is 6.62. The fourth-order valence-corrected chi connectivity index (χ4v) is 0.407. The summed E-state index contributed by atoms with van der Waals surface area (Å²) >= 11 is 0. The number of allylic oxidation sites excluding steroid dienone is 1. The van der Waals surface area contributed by atoms with Crippen molar-refractivity contribution in [3.8, 4) is 0 Å². The minimum absolute atomic E-state index is 0.622. The number of nitrogens with zero attached hydrogens (tertiary/aromatic N) is 1. The van der Waals surface area contributed by atoms with Crippen LogP contribution < -0.4 is 0 Å². The van der Waals surface area contributed by atoms with Crippen LogP contribution in [0.25, 0.3) is 0 Å². The van der Waals surface area contributed by atoms with Crippen LogP contribution in [0.2, 0.25) is 0 Å². The Kier molecular flexibility index (Phi) is 1.50. The molecule has 1 rings (SSSR count). The maximum absolute atomic E-state index is 4.68. The van der Waals surface area contributed by atoms with Crippen molar-refractivity contribution in [2.75, 3.05) is 6.61 Å². The van der Waals surface area contributed by atoms with Gasteiger partial charge in [0.25, 0.3) is 0 Å². The van der Waals surface area contributed by atoms with Gasteiger partial charge in [0.05, 0.1) is 0 Å². The second kappa shape index (κ2) is 2.39. The molecule has 7 heavy (non-hydrogen) atoms. The van der Waals surface area contributed by atoms with Crippen LogP contribution in [0.3, 0.4) is 0 Å². The average molecular weight is 97.1 g/mol. The SMILES string of the molecule is C1=CCON=CC1. The van der Waals surface area contributed by atoms with Crippen molar-refractivity contribution in [3.05, 3.63) is 12.2 Å². The molecule has 0 saturated heterocycles. The van der Waals surface area contributed by atoms with E-state index in [0.29, 0.717) is 6.61 Å². The molecule has 0 spiro atoms. The van der Waals surface area contributed by atoms with Gasteiger partial charge < -0.3 is 4.84 Å². The molecule has 0 aromatic carbocycles. The first kappa shape index (κ1) is 4.37. The molecule has 0 bridgehead atoms. The van der Waals surface area contributed by atoms with E-state index in [-0.39, 0.29) is 0 Å². The van der Waals surface area contributed by atoms with Crippen LogP contribution in [0.1, 0.15) is 6.42 Å². The predicted octanol–water partition coefficient (Wildman–Crippen LogP) is 0.949. The van der Waals surface area contributed by atoms with Crippen LogP contribution in [0.4, 0.5) is 0 Å². The van der Waals surface area contributed by atoms with E-state index in [1.165, 1.54) is 0 Å². The molecule has 0 saturated carbocycles. The van der Waals surface area contributed by atoms with Crippen molar-refractivity contribution < 1.29 is 4.84 Å². The summed E-state index contributed by atoms with van der Waals surface area (Å²) in [5, 5.41) is 3.58. The van der Waals surface area contributed by atoms with E-state index in [4.69, 9.17) is 0 Å². The first-order valence-corrected chi connectivity index (χ1v) is 2.29. The topological polar surface area (TPSA) is 21.6 Å². The third kappa shape index (κ3) is 1.39. The Labute approximate surface area is 42.5 Å². The van der Waals surface area contributed by atoms with Crippen LogP contribution in [0.5, 0.6) is 0 Å². The Morgan fingerprint density at radius 3 is 3.43 bits per heavy atom. The lowest BCUT2D eigenvalue weighted by Crippen LogP contribution is -1.76. The Morgan fingerprint density at radius 2 is 2.43 bits per heavy atom. The Bertz CT molecular complexity index is 84.3. The first-order chi connectivity index (χ1) is 3.50. The minimum Gasteiger partial charge on any atom is -0.392 e. The van der Waals surface area contributed by atoms with Gasteiger partial charge in [-0.1, -0.05) is 11.2 Å². The highest BCUT2D eigenvalue weighted by Crippen LogP contribution is 1.86. The lowest BCUT2D eigenvalue weighted by atomic mass is 10.4. The Balaban J connectivity index is 2.38. The summed E-state index contributed by atoms with van der Waals surface area (Å²) < 4.78 is 0. The Morgan fingerprint density at radius 1 is 1.43 bits per heavy atom. The highest BCUT2D eigenvalue weighted by molar-refractivity contribution is 5.58. The fraction of sp³-hybridized carbons (Fsp3) is 0.400. The van der Waals surface area contributed by atoms with E-state index < -0.39 is 0 Å². The van der Waals surface area contributed by atoms with Gasteiger partial charge in [-0.15, -0.1) is 0 Å². The molecule has 0 radical (unpaired) electrons. The predicted molar refractivity (Wildman–Crippen MR) is 28.2 cm³/mol. The summed E-state index contributed by atoms with van der Waals surface area (Å²) in [4.78, 5) is 4.68. The third-order valence-electron chi connectivity index (χ3n) is 0.728. The van der Waals surface area contributed by atoms with Gasteiger partial charge in [-0.2, -0.15) is 0 Å². The van der Waals surface area contributed by atoms with Crippen LogP contribution in [-0.2, 0) is 4.84 Å². The van der Waals surface area contributed by atoms with Gasteiger partial charge in [0.15, 0.2) is 0 Å². The van der Waals surface area contributed by atoms with Crippen molar-refractivity contribution in [1.29, 1.82) is 0 Å². The molecule has 0 fully saturated rings. The molecular formula is C5H7NO.